The molecule has 1 atom stereocenters. The molecule has 0 bridgehead atoms. The molecule has 0 aliphatic carbocycles. The summed E-state index contributed by atoms with van der Waals surface area (Å²) in [7, 11) is 0. The normalized spacial score (nSPS) is 12.1. The van der Waals surface area contributed by atoms with E-state index in [0.29, 0.717) is 12.8 Å². The van der Waals surface area contributed by atoms with Gasteiger partial charge in [0, 0.05) is 12.8 Å². The summed E-state index contributed by atoms with van der Waals surface area (Å²) in [6.45, 7) is 4.18. The van der Waals surface area contributed by atoms with Crippen LogP contribution in [0.1, 0.15) is 284 Å². The first-order valence-electron chi connectivity index (χ1n) is 25.2. The van der Waals surface area contributed by atoms with Crippen LogP contribution in [-0.2, 0) is 19.1 Å². The van der Waals surface area contributed by atoms with Crippen molar-refractivity contribution < 1.29 is 24.2 Å². The van der Waals surface area contributed by atoms with Crippen molar-refractivity contribution >= 4 is 11.9 Å². The van der Waals surface area contributed by atoms with Crippen molar-refractivity contribution in [1.29, 1.82) is 0 Å². The topological polar surface area (TPSA) is 72.8 Å². The Bertz CT molecular complexity index is 810. The van der Waals surface area contributed by atoms with Gasteiger partial charge in [0.1, 0.15) is 6.61 Å². The zero-order valence-corrected chi connectivity index (χ0v) is 37.9. The highest BCUT2D eigenvalue weighted by atomic mass is 16.6. The molecule has 0 spiro atoms. The Morgan fingerprint density at radius 3 is 0.964 bits per heavy atom. The third kappa shape index (κ3) is 45.3. The fourth-order valence-corrected chi connectivity index (χ4v) is 7.73. The molecule has 5 nitrogen and oxygen atoms in total. The zero-order chi connectivity index (χ0) is 40.7. The van der Waals surface area contributed by atoms with Gasteiger partial charge in [0.25, 0.3) is 0 Å². The van der Waals surface area contributed by atoms with Crippen molar-refractivity contribution in [3.8, 4) is 0 Å². The lowest BCUT2D eigenvalue weighted by atomic mass is 10.0. The third-order valence-corrected chi connectivity index (χ3v) is 11.6. The summed E-state index contributed by atoms with van der Waals surface area (Å²) in [6.07, 6.45) is 57.4. The van der Waals surface area contributed by atoms with Gasteiger partial charge in [0.05, 0.1) is 6.61 Å². The molecule has 56 heavy (non-hydrogen) atoms. The van der Waals surface area contributed by atoms with E-state index >= 15 is 0 Å². The van der Waals surface area contributed by atoms with Crippen LogP contribution in [0.15, 0.2) is 12.2 Å². The van der Waals surface area contributed by atoms with Gasteiger partial charge >= 0.3 is 11.9 Å². The summed E-state index contributed by atoms with van der Waals surface area (Å²) < 4.78 is 10.7. The van der Waals surface area contributed by atoms with E-state index in [-0.39, 0.29) is 25.2 Å². The van der Waals surface area contributed by atoms with Crippen molar-refractivity contribution in [3.05, 3.63) is 12.2 Å². The second-order valence-corrected chi connectivity index (χ2v) is 17.3. The number of hydrogen-bond acceptors (Lipinski definition) is 5. The molecule has 5 heteroatoms. The Balaban J connectivity index is 3.44. The van der Waals surface area contributed by atoms with Crippen molar-refractivity contribution in [1.82, 2.24) is 0 Å². The van der Waals surface area contributed by atoms with Gasteiger partial charge in [-0.1, -0.05) is 244 Å². The number of ether oxygens (including phenoxy) is 2. The van der Waals surface area contributed by atoms with Crippen LogP contribution in [0, 0.1) is 0 Å². The van der Waals surface area contributed by atoms with Crippen molar-refractivity contribution in [2.45, 2.75) is 290 Å². The molecule has 0 fully saturated rings. The highest BCUT2D eigenvalue weighted by Gasteiger charge is 2.16. The quantitative estimate of drug-likeness (QED) is 0.0378. The Kier molecular flexibility index (Phi) is 46.8. The van der Waals surface area contributed by atoms with E-state index in [0.717, 1.165) is 32.1 Å². The highest BCUT2D eigenvalue weighted by molar-refractivity contribution is 5.70. The largest absolute Gasteiger partial charge is 0.462 e. The highest BCUT2D eigenvalue weighted by Crippen LogP contribution is 2.17. The first-order valence-corrected chi connectivity index (χ1v) is 25.2. The number of hydrogen-bond donors (Lipinski definition) is 1. The molecule has 0 aromatic heterocycles. The first-order chi connectivity index (χ1) is 27.6. The van der Waals surface area contributed by atoms with E-state index < -0.39 is 6.10 Å². The summed E-state index contributed by atoms with van der Waals surface area (Å²) in [5, 5.41) is 9.61. The second kappa shape index (κ2) is 48.0. The summed E-state index contributed by atoms with van der Waals surface area (Å²) in [5.41, 5.74) is 0. The number of allylic oxidation sites excluding steroid dienone is 2. The van der Waals surface area contributed by atoms with E-state index in [1.807, 2.05) is 0 Å². The van der Waals surface area contributed by atoms with Gasteiger partial charge in [-0.2, -0.15) is 0 Å². The predicted molar refractivity (Wildman–Crippen MR) is 242 cm³/mol. The van der Waals surface area contributed by atoms with E-state index in [1.54, 1.807) is 0 Å². The summed E-state index contributed by atoms with van der Waals surface area (Å²) in [4.78, 5) is 24.4. The molecular weight excluding hydrogens is 693 g/mol. The number of aliphatic hydroxyl groups excluding tert-OH is 1. The molecule has 0 amide bonds. The maximum Gasteiger partial charge on any atom is 0.306 e. The van der Waals surface area contributed by atoms with Gasteiger partial charge in [-0.05, 0) is 38.5 Å². The maximum atomic E-state index is 12.2. The minimum Gasteiger partial charge on any atom is -0.462 e. The number of carbonyl (C=O) groups excluding carboxylic acids is 2. The fourth-order valence-electron chi connectivity index (χ4n) is 7.73. The monoisotopic (exact) mass is 791 g/mol. The molecule has 0 aromatic carbocycles. The van der Waals surface area contributed by atoms with Crippen LogP contribution < -0.4 is 0 Å². The first kappa shape index (κ1) is 54.6. The lowest BCUT2D eigenvalue weighted by molar-refractivity contribution is -0.161. The van der Waals surface area contributed by atoms with Crippen LogP contribution in [-0.4, -0.2) is 36.4 Å². The lowest BCUT2D eigenvalue weighted by Gasteiger charge is -2.15. The van der Waals surface area contributed by atoms with E-state index in [4.69, 9.17) is 9.47 Å². The fraction of sp³-hybridized carbons (Fsp3) is 0.922. The third-order valence-electron chi connectivity index (χ3n) is 11.6. The zero-order valence-electron chi connectivity index (χ0n) is 37.9. The Labute approximate surface area is 350 Å². The van der Waals surface area contributed by atoms with Crippen LogP contribution in [0.4, 0.5) is 0 Å². The minimum atomic E-state index is -0.768. The molecule has 0 heterocycles. The lowest BCUT2D eigenvalue weighted by Crippen LogP contribution is -2.28. The molecule has 0 aliphatic rings. The van der Waals surface area contributed by atoms with Crippen molar-refractivity contribution in [2.24, 2.45) is 0 Å². The van der Waals surface area contributed by atoms with Gasteiger partial charge in [-0.15, -0.1) is 0 Å². The van der Waals surface area contributed by atoms with E-state index in [1.165, 1.54) is 225 Å². The Morgan fingerprint density at radius 1 is 0.393 bits per heavy atom. The van der Waals surface area contributed by atoms with Gasteiger partial charge in [-0.3, -0.25) is 9.59 Å². The van der Waals surface area contributed by atoms with Gasteiger partial charge in [0.2, 0.25) is 0 Å². The number of carbonyl (C=O) groups is 2. The molecule has 0 rings (SSSR count). The molecule has 0 aromatic rings. The molecular formula is C51H98O5. The number of esters is 2. The van der Waals surface area contributed by atoms with Crippen LogP contribution in [0.3, 0.4) is 0 Å². The van der Waals surface area contributed by atoms with Crippen LogP contribution >= 0.6 is 0 Å². The minimum absolute atomic E-state index is 0.0607. The Hall–Kier alpha value is -1.36. The average Bonchev–Trinajstić information content (AvgIpc) is 3.20. The number of unbranched alkanes of at least 4 members (excludes halogenated alkanes) is 37. The van der Waals surface area contributed by atoms with E-state index in [9.17, 15) is 14.7 Å². The molecule has 0 aliphatic heterocycles. The number of rotatable bonds is 47. The summed E-state index contributed by atoms with van der Waals surface area (Å²) >= 11 is 0. The predicted octanol–water partition coefficient (Wildman–Crippen LogP) is 16.4. The van der Waals surface area contributed by atoms with Gasteiger partial charge < -0.3 is 14.6 Å². The summed E-state index contributed by atoms with van der Waals surface area (Å²) in [6, 6.07) is 0. The van der Waals surface area contributed by atoms with Crippen LogP contribution in [0.2, 0.25) is 0 Å². The standard InChI is InChI=1S/C51H98O5/c1-3-5-7-9-11-13-15-17-19-21-23-24-25-26-27-28-30-31-33-35-37-39-41-43-45-50(53)55-48-49(47-52)56-51(54)46-44-42-40-38-36-34-32-29-22-20-18-16-14-12-10-8-6-4-2/h20,22,49,52H,3-19,21,23-48H2,1-2H3/b22-20-. The summed E-state index contributed by atoms with van der Waals surface area (Å²) in [5.74, 6) is -0.578. The molecule has 0 saturated heterocycles. The second-order valence-electron chi connectivity index (χ2n) is 17.3. The molecule has 0 radical (unpaired) electrons. The van der Waals surface area contributed by atoms with Gasteiger partial charge in [0.15, 0.2) is 6.10 Å². The average molecular weight is 791 g/mol. The Morgan fingerprint density at radius 2 is 0.661 bits per heavy atom. The van der Waals surface area contributed by atoms with Gasteiger partial charge in [-0.25, -0.2) is 0 Å². The van der Waals surface area contributed by atoms with Crippen molar-refractivity contribution in [3.63, 3.8) is 0 Å². The molecule has 1 N–H and O–H groups in total. The SMILES string of the molecule is CCCCCCCCC/C=C\CCCCCCCCCC(=O)OC(CO)COC(=O)CCCCCCCCCCCCCCCCCCCCCCCCCC. The molecule has 0 saturated carbocycles. The van der Waals surface area contributed by atoms with Crippen molar-refractivity contribution in [2.75, 3.05) is 13.2 Å². The smallest absolute Gasteiger partial charge is 0.306 e. The van der Waals surface area contributed by atoms with Crippen LogP contribution in [0.25, 0.3) is 0 Å². The number of aliphatic hydroxyl groups is 1. The van der Waals surface area contributed by atoms with Crippen LogP contribution in [0.5, 0.6) is 0 Å². The maximum absolute atomic E-state index is 12.2. The molecule has 1 unspecified atom stereocenters. The molecule has 332 valence electrons. The van der Waals surface area contributed by atoms with E-state index in [2.05, 4.69) is 26.0 Å².